The number of hydrogen-bond acceptors (Lipinski definition) is 4. The summed E-state index contributed by atoms with van der Waals surface area (Å²) in [4.78, 5) is 24.8. The number of Topliss-reactive ketones (excluding diaryl/α,β-unsaturated/α-hetero) is 1. The van der Waals surface area contributed by atoms with Crippen molar-refractivity contribution in [2.24, 2.45) is 0 Å². The van der Waals surface area contributed by atoms with Gasteiger partial charge >= 0.3 is 5.97 Å². The number of carbonyl (C=O) groups excluding carboxylic acids is 2. The molecular formula is C21H27NO4. The van der Waals surface area contributed by atoms with Crippen molar-refractivity contribution < 1.29 is 19.1 Å². The van der Waals surface area contributed by atoms with E-state index in [1.54, 1.807) is 13.2 Å². The van der Waals surface area contributed by atoms with Crippen molar-refractivity contribution in [3.63, 3.8) is 0 Å². The Morgan fingerprint density at radius 3 is 2.38 bits per heavy atom. The van der Waals surface area contributed by atoms with Gasteiger partial charge in [0.2, 0.25) is 5.78 Å². The minimum absolute atomic E-state index is 0.124. The van der Waals surface area contributed by atoms with Gasteiger partial charge in [0.15, 0.2) is 6.61 Å². The molecule has 26 heavy (non-hydrogen) atoms. The van der Waals surface area contributed by atoms with Crippen molar-refractivity contribution in [3.05, 3.63) is 57.9 Å². The Hall–Kier alpha value is -2.40. The molecule has 0 aliphatic heterocycles. The Morgan fingerprint density at radius 2 is 1.77 bits per heavy atom. The fourth-order valence-electron chi connectivity index (χ4n) is 3.38. The van der Waals surface area contributed by atoms with Gasteiger partial charge in [-0.2, -0.15) is 0 Å². The van der Waals surface area contributed by atoms with E-state index in [1.807, 2.05) is 52.8 Å². The minimum Gasteiger partial charge on any atom is -0.454 e. The first-order chi connectivity index (χ1) is 12.3. The van der Waals surface area contributed by atoms with Gasteiger partial charge in [0.05, 0.1) is 18.2 Å². The van der Waals surface area contributed by atoms with E-state index in [2.05, 4.69) is 4.57 Å². The third-order valence-corrected chi connectivity index (χ3v) is 4.57. The zero-order valence-corrected chi connectivity index (χ0v) is 16.4. The van der Waals surface area contributed by atoms with Crippen molar-refractivity contribution in [3.8, 4) is 0 Å². The summed E-state index contributed by atoms with van der Waals surface area (Å²) in [6.45, 7) is 10.0. The Labute approximate surface area is 154 Å². The highest BCUT2D eigenvalue weighted by Crippen LogP contribution is 2.21. The second-order valence-corrected chi connectivity index (χ2v) is 6.78. The monoisotopic (exact) mass is 357 g/mol. The number of esters is 1. The van der Waals surface area contributed by atoms with Crippen molar-refractivity contribution in [1.29, 1.82) is 0 Å². The summed E-state index contributed by atoms with van der Waals surface area (Å²) in [7, 11) is 1.66. The summed E-state index contributed by atoms with van der Waals surface area (Å²) in [5.74, 6) is -0.676. The van der Waals surface area contributed by atoms with E-state index in [0.29, 0.717) is 17.7 Å². The largest absolute Gasteiger partial charge is 0.454 e. The molecule has 0 radical (unpaired) electrons. The van der Waals surface area contributed by atoms with E-state index in [-0.39, 0.29) is 18.4 Å². The van der Waals surface area contributed by atoms with Crippen LogP contribution in [0, 0.1) is 27.7 Å². The molecule has 0 unspecified atom stereocenters. The van der Waals surface area contributed by atoms with Crippen LogP contribution in [-0.2, 0) is 9.47 Å². The highest BCUT2D eigenvalue weighted by Gasteiger charge is 2.20. The van der Waals surface area contributed by atoms with Crippen LogP contribution >= 0.6 is 0 Å². The highest BCUT2D eigenvalue weighted by molar-refractivity contribution is 6.00. The molecule has 0 saturated heterocycles. The lowest BCUT2D eigenvalue weighted by molar-refractivity contribution is 0.0473. The number of ketones is 1. The van der Waals surface area contributed by atoms with E-state index < -0.39 is 5.97 Å². The van der Waals surface area contributed by atoms with E-state index in [4.69, 9.17) is 9.47 Å². The molecule has 2 aromatic rings. The predicted octanol–water partition coefficient (Wildman–Crippen LogP) is 3.97. The molecule has 5 heteroatoms. The lowest BCUT2D eigenvalue weighted by atomic mass is 10.1. The summed E-state index contributed by atoms with van der Waals surface area (Å²) < 4.78 is 12.5. The maximum Gasteiger partial charge on any atom is 0.338 e. The van der Waals surface area contributed by atoms with E-state index >= 15 is 0 Å². The number of aryl methyl sites for hydroxylation is 3. The van der Waals surface area contributed by atoms with Crippen LogP contribution in [-0.4, -0.2) is 36.6 Å². The number of rotatable bonds is 7. The molecule has 0 aliphatic carbocycles. The second-order valence-electron chi connectivity index (χ2n) is 6.78. The zero-order valence-electron chi connectivity index (χ0n) is 16.4. The quantitative estimate of drug-likeness (QED) is 0.556. The molecule has 0 amide bonds. The van der Waals surface area contributed by atoms with Crippen molar-refractivity contribution in [2.75, 3.05) is 20.3 Å². The Kier molecular flexibility index (Phi) is 6.37. The van der Waals surface area contributed by atoms with Crippen LogP contribution < -0.4 is 0 Å². The van der Waals surface area contributed by atoms with Crippen LogP contribution in [0.15, 0.2) is 24.3 Å². The molecular weight excluding hydrogens is 330 g/mol. The van der Waals surface area contributed by atoms with Gasteiger partial charge in [-0.25, -0.2) is 4.79 Å². The molecule has 0 aliphatic rings. The molecule has 1 heterocycles. The topological polar surface area (TPSA) is 57.5 Å². The number of nitrogens with zero attached hydrogens (tertiary/aromatic N) is 1. The third-order valence-electron chi connectivity index (χ3n) is 4.57. The molecule has 2 rings (SSSR count). The lowest BCUT2D eigenvalue weighted by Crippen LogP contribution is -2.17. The van der Waals surface area contributed by atoms with Crippen LogP contribution in [0.5, 0.6) is 0 Å². The number of hydrogen-bond donors (Lipinski definition) is 0. The molecule has 0 fully saturated rings. The fraction of sp³-hybridized carbons (Fsp3) is 0.429. The average Bonchev–Trinajstić information content (AvgIpc) is 2.87. The predicted molar refractivity (Wildman–Crippen MR) is 101 cm³/mol. The molecule has 1 aromatic carbocycles. The smallest absolute Gasteiger partial charge is 0.338 e. The van der Waals surface area contributed by atoms with E-state index in [9.17, 15) is 9.59 Å². The molecule has 140 valence electrons. The molecule has 0 saturated carbocycles. The molecule has 0 N–H and O–H groups in total. The maximum atomic E-state index is 12.6. The summed E-state index contributed by atoms with van der Waals surface area (Å²) in [5, 5.41) is 0. The summed E-state index contributed by atoms with van der Waals surface area (Å²) in [6, 6.07) is 7.48. The Bertz CT molecular complexity index is 820. The molecule has 0 bridgehead atoms. The zero-order chi connectivity index (χ0) is 19.4. The molecule has 5 nitrogen and oxygen atoms in total. The first-order valence-electron chi connectivity index (χ1n) is 8.71. The van der Waals surface area contributed by atoms with Crippen LogP contribution in [0.2, 0.25) is 0 Å². The van der Waals surface area contributed by atoms with Crippen molar-refractivity contribution >= 4 is 11.8 Å². The highest BCUT2D eigenvalue weighted by atomic mass is 16.5. The SMILES string of the molecule is COC[C@H](C)n1c(C)cc(C(=O)COC(=O)c2ccc(C)cc2C)c1C. The lowest BCUT2D eigenvalue weighted by Gasteiger charge is -2.17. The summed E-state index contributed by atoms with van der Waals surface area (Å²) in [6.07, 6.45) is 0. The fourth-order valence-corrected chi connectivity index (χ4v) is 3.38. The van der Waals surface area contributed by atoms with Crippen LogP contribution in [0.3, 0.4) is 0 Å². The standard InChI is InChI=1S/C21H27NO4/c1-13-7-8-18(14(2)9-13)21(24)26-12-20(23)19-10-15(3)22(17(19)5)16(4)11-25-6/h7-10,16H,11-12H2,1-6H3/t16-/m0/s1. The maximum absolute atomic E-state index is 12.6. The molecule has 1 aromatic heterocycles. The van der Waals surface area contributed by atoms with E-state index in [0.717, 1.165) is 22.5 Å². The van der Waals surface area contributed by atoms with Crippen LogP contribution in [0.4, 0.5) is 0 Å². The first-order valence-corrected chi connectivity index (χ1v) is 8.71. The Morgan fingerprint density at radius 1 is 1.08 bits per heavy atom. The van der Waals surface area contributed by atoms with Gasteiger partial charge in [-0.1, -0.05) is 17.7 Å². The second kappa shape index (κ2) is 8.32. The van der Waals surface area contributed by atoms with Crippen molar-refractivity contribution in [2.45, 2.75) is 40.7 Å². The first kappa shape index (κ1) is 19.9. The van der Waals surface area contributed by atoms with Crippen molar-refractivity contribution in [1.82, 2.24) is 4.57 Å². The number of benzene rings is 1. The number of carbonyl (C=O) groups is 2. The average molecular weight is 357 g/mol. The van der Waals surface area contributed by atoms with Gasteiger partial charge in [0.1, 0.15) is 0 Å². The Balaban J connectivity index is 2.11. The number of ether oxygens (including phenoxy) is 2. The molecule has 1 atom stereocenters. The van der Waals surface area contributed by atoms with Gasteiger partial charge in [0, 0.05) is 24.1 Å². The summed E-state index contributed by atoms with van der Waals surface area (Å²) in [5.41, 5.74) is 4.83. The van der Waals surface area contributed by atoms with Crippen LogP contribution in [0.25, 0.3) is 0 Å². The number of methoxy groups -OCH3 is 1. The van der Waals surface area contributed by atoms with Crippen LogP contribution in [0.1, 0.15) is 56.2 Å². The summed E-state index contributed by atoms with van der Waals surface area (Å²) >= 11 is 0. The number of aromatic nitrogens is 1. The van der Waals surface area contributed by atoms with Gasteiger partial charge in [0.25, 0.3) is 0 Å². The third kappa shape index (κ3) is 4.22. The van der Waals surface area contributed by atoms with E-state index in [1.165, 1.54) is 0 Å². The minimum atomic E-state index is -0.475. The van der Waals surface area contributed by atoms with Gasteiger partial charge in [-0.15, -0.1) is 0 Å². The van der Waals surface area contributed by atoms with Gasteiger partial charge < -0.3 is 14.0 Å². The van der Waals surface area contributed by atoms with Gasteiger partial charge in [-0.05, 0) is 52.3 Å². The molecule has 0 spiro atoms. The normalized spacial score (nSPS) is 12.1. The van der Waals surface area contributed by atoms with Gasteiger partial charge in [-0.3, -0.25) is 4.79 Å².